The van der Waals surface area contributed by atoms with Gasteiger partial charge in [0.2, 0.25) is 0 Å². The SMILES string of the molecule is CCCOc1cc2ccccc2cc1C(=O)Nc1ccc(Cl)cc1OC(=O)c1cc2ccccc2cc1OCCCNC(=O)OC(C)(C)C. The van der Waals surface area contributed by atoms with Gasteiger partial charge in [0.05, 0.1) is 24.5 Å². The van der Waals surface area contributed by atoms with Crippen LogP contribution in [0.4, 0.5) is 10.5 Å². The number of halogens is 1. The number of benzene rings is 5. The molecule has 0 saturated heterocycles. The standard InChI is InChI=1S/C39H39ClN2O7/c1-5-18-46-33-22-27-13-8-6-11-25(27)20-30(33)36(43)42-32-16-15-29(40)24-35(32)48-37(44)31-21-26-12-7-9-14-28(26)23-34(31)47-19-10-17-41-38(45)49-39(2,3)4/h6-9,11-16,20-24H,5,10,17-19H2,1-4H3,(H,41,45)(H,42,43). The number of rotatable bonds is 12. The van der Waals surface area contributed by atoms with E-state index in [9.17, 15) is 14.4 Å². The van der Waals surface area contributed by atoms with Gasteiger partial charge in [-0.25, -0.2) is 9.59 Å². The number of fused-ring (bicyclic) bond motifs is 2. The van der Waals surface area contributed by atoms with E-state index < -0.39 is 23.6 Å². The van der Waals surface area contributed by atoms with E-state index in [1.165, 1.54) is 6.07 Å². The quantitative estimate of drug-likeness (QED) is 0.0766. The molecule has 0 aliphatic heterocycles. The number of anilines is 1. The molecule has 0 saturated carbocycles. The minimum Gasteiger partial charge on any atom is -0.493 e. The highest BCUT2D eigenvalue weighted by molar-refractivity contribution is 6.31. The molecule has 2 N–H and O–H groups in total. The third-order valence-corrected chi connectivity index (χ3v) is 7.50. The molecular formula is C39H39ClN2O7. The summed E-state index contributed by atoms with van der Waals surface area (Å²) in [5, 5.41) is 9.39. The molecule has 0 fully saturated rings. The van der Waals surface area contributed by atoms with Crippen LogP contribution in [-0.2, 0) is 4.74 Å². The molecule has 0 atom stereocenters. The third-order valence-electron chi connectivity index (χ3n) is 7.26. The van der Waals surface area contributed by atoms with Crippen LogP contribution in [-0.4, -0.2) is 43.3 Å². The van der Waals surface area contributed by atoms with Crippen LogP contribution in [0, 0.1) is 0 Å². The number of hydrogen-bond acceptors (Lipinski definition) is 7. The summed E-state index contributed by atoms with van der Waals surface area (Å²) in [6, 6.07) is 27.0. The van der Waals surface area contributed by atoms with Crippen LogP contribution in [0.2, 0.25) is 5.02 Å². The Labute approximate surface area is 290 Å². The normalized spacial score (nSPS) is 11.2. The van der Waals surface area contributed by atoms with Crippen molar-refractivity contribution in [2.45, 2.75) is 46.1 Å². The summed E-state index contributed by atoms with van der Waals surface area (Å²) >= 11 is 6.33. The summed E-state index contributed by atoms with van der Waals surface area (Å²) in [7, 11) is 0. The first-order valence-corrected chi connectivity index (χ1v) is 16.5. The van der Waals surface area contributed by atoms with Gasteiger partial charge in [-0.1, -0.05) is 67.1 Å². The molecule has 0 aliphatic carbocycles. The Kier molecular flexibility index (Phi) is 11.3. The van der Waals surface area contributed by atoms with Crippen molar-refractivity contribution in [3.05, 3.63) is 107 Å². The average molecular weight is 683 g/mol. The zero-order chi connectivity index (χ0) is 35.0. The number of alkyl carbamates (subject to hydrolysis) is 1. The summed E-state index contributed by atoms with van der Waals surface area (Å²) in [5.74, 6) is -0.329. The fourth-order valence-electron chi connectivity index (χ4n) is 5.01. The van der Waals surface area contributed by atoms with E-state index in [1.807, 2.05) is 61.5 Å². The molecule has 0 radical (unpaired) electrons. The van der Waals surface area contributed by atoms with E-state index in [-0.39, 0.29) is 23.6 Å². The van der Waals surface area contributed by atoms with E-state index in [4.69, 9.17) is 30.5 Å². The first kappa shape index (κ1) is 35.0. The lowest BCUT2D eigenvalue weighted by Crippen LogP contribution is -2.33. The smallest absolute Gasteiger partial charge is 0.407 e. The van der Waals surface area contributed by atoms with Gasteiger partial charge < -0.3 is 29.6 Å². The molecular weight excluding hydrogens is 644 g/mol. The van der Waals surface area contributed by atoms with Crippen LogP contribution >= 0.6 is 11.6 Å². The molecule has 9 nitrogen and oxygen atoms in total. The van der Waals surface area contributed by atoms with Gasteiger partial charge in [0.1, 0.15) is 22.7 Å². The molecule has 0 aromatic heterocycles. The van der Waals surface area contributed by atoms with Crippen LogP contribution in [0.3, 0.4) is 0 Å². The molecule has 0 spiro atoms. The van der Waals surface area contributed by atoms with Crippen molar-refractivity contribution < 1.29 is 33.3 Å². The number of carbonyl (C=O) groups is 3. The first-order chi connectivity index (χ1) is 23.5. The molecule has 5 aromatic carbocycles. The molecule has 0 heterocycles. The van der Waals surface area contributed by atoms with Gasteiger partial charge in [-0.2, -0.15) is 0 Å². The zero-order valence-corrected chi connectivity index (χ0v) is 28.7. The molecule has 49 heavy (non-hydrogen) atoms. The van der Waals surface area contributed by atoms with Gasteiger partial charge in [0.25, 0.3) is 5.91 Å². The maximum atomic E-state index is 13.8. The Morgan fingerprint density at radius 2 is 1.29 bits per heavy atom. The van der Waals surface area contributed by atoms with Gasteiger partial charge in [-0.3, -0.25) is 4.79 Å². The van der Waals surface area contributed by atoms with Crippen molar-refractivity contribution in [2.75, 3.05) is 25.1 Å². The minimum absolute atomic E-state index is 0.0586. The lowest BCUT2D eigenvalue weighted by Gasteiger charge is -2.19. The van der Waals surface area contributed by atoms with Gasteiger partial charge in [0, 0.05) is 17.6 Å². The Morgan fingerprint density at radius 3 is 1.90 bits per heavy atom. The third kappa shape index (κ3) is 9.42. The molecule has 0 unspecified atom stereocenters. The number of nitrogens with one attached hydrogen (secondary N) is 2. The molecule has 5 rings (SSSR count). The summed E-state index contributed by atoms with van der Waals surface area (Å²) in [5.41, 5.74) is 0.162. The summed E-state index contributed by atoms with van der Waals surface area (Å²) in [6.45, 7) is 8.34. The largest absolute Gasteiger partial charge is 0.493 e. The number of carbonyl (C=O) groups excluding carboxylic acids is 3. The average Bonchev–Trinajstić information content (AvgIpc) is 3.06. The van der Waals surface area contributed by atoms with Crippen molar-refractivity contribution in [1.29, 1.82) is 0 Å². The van der Waals surface area contributed by atoms with Crippen molar-refractivity contribution in [1.82, 2.24) is 5.32 Å². The molecule has 5 aromatic rings. The zero-order valence-electron chi connectivity index (χ0n) is 27.9. The van der Waals surface area contributed by atoms with Crippen molar-refractivity contribution in [3.8, 4) is 17.2 Å². The summed E-state index contributed by atoms with van der Waals surface area (Å²) < 4.78 is 23.1. The number of ether oxygens (including phenoxy) is 4. The second-order valence-electron chi connectivity index (χ2n) is 12.4. The second kappa shape index (κ2) is 15.7. The molecule has 254 valence electrons. The lowest BCUT2D eigenvalue weighted by molar-refractivity contribution is 0.0525. The molecule has 0 aliphatic rings. The fourth-order valence-corrected chi connectivity index (χ4v) is 5.18. The topological polar surface area (TPSA) is 112 Å². The lowest BCUT2D eigenvalue weighted by atomic mass is 10.0. The van der Waals surface area contributed by atoms with E-state index in [1.54, 1.807) is 51.1 Å². The highest BCUT2D eigenvalue weighted by Crippen LogP contribution is 2.34. The monoisotopic (exact) mass is 682 g/mol. The predicted octanol–water partition coefficient (Wildman–Crippen LogP) is 9.20. The molecule has 10 heteroatoms. The Hall–Kier alpha value is -5.28. The predicted molar refractivity (Wildman–Crippen MR) is 192 cm³/mol. The minimum atomic E-state index is -0.705. The second-order valence-corrected chi connectivity index (χ2v) is 12.8. The summed E-state index contributed by atoms with van der Waals surface area (Å²) in [4.78, 5) is 39.5. The van der Waals surface area contributed by atoms with Gasteiger partial charge in [-0.05, 0) is 91.6 Å². The van der Waals surface area contributed by atoms with E-state index in [0.29, 0.717) is 41.7 Å². The molecule has 2 amide bonds. The van der Waals surface area contributed by atoms with E-state index in [0.717, 1.165) is 28.0 Å². The fraction of sp³-hybridized carbons (Fsp3) is 0.256. The van der Waals surface area contributed by atoms with E-state index >= 15 is 0 Å². The first-order valence-electron chi connectivity index (χ1n) is 16.1. The maximum Gasteiger partial charge on any atom is 0.407 e. The van der Waals surface area contributed by atoms with Crippen molar-refractivity contribution in [3.63, 3.8) is 0 Å². The van der Waals surface area contributed by atoms with Gasteiger partial charge in [-0.15, -0.1) is 0 Å². The van der Waals surface area contributed by atoms with Gasteiger partial charge in [0.15, 0.2) is 5.75 Å². The van der Waals surface area contributed by atoms with Crippen molar-refractivity contribution >= 4 is 56.8 Å². The highest BCUT2D eigenvalue weighted by atomic mass is 35.5. The maximum absolute atomic E-state index is 13.8. The van der Waals surface area contributed by atoms with Crippen LogP contribution in [0.1, 0.15) is 61.3 Å². The van der Waals surface area contributed by atoms with Crippen LogP contribution in [0.5, 0.6) is 17.2 Å². The van der Waals surface area contributed by atoms with Crippen LogP contribution < -0.4 is 24.8 Å². The Bertz CT molecular complexity index is 1990. The Balaban J connectivity index is 1.36. The van der Waals surface area contributed by atoms with Crippen molar-refractivity contribution in [2.24, 2.45) is 0 Å². The summed E-state index contributed by atoms with van der Waals surface area (Å²) in [6.07, 6.45) is 0.718. The number of amides is 2. The highest BCUT2D eigenvalue weighted by Gasteiger charge is 2.22. The number of hydrogen-bond donors (Lipinski definition) is 2. The van der Waals surface area contributed by atoms with Gasteiger partial charge >= 0.3 is 12.1 Å². The van der Waals surface area contributed by atoms with Crippen LogP contribution in [0.15, 0.2) is 91.0 Å². The molecule has 0 bridgehead atoms. The van der Waals surface area contributed by atoms with E-state index in [2.05, 4.69) is 10.6 Å². The van der Waals surface area contributed by atoms with Crippen LogP contribution in [0.25, 0.3) is 21.5 Å². The number of esters is 1. The Morgan fingerprint density at radius 1 is 0.714 bits per heavy atom.